The van der Waals surface area contributed by atoms with Crippen LogP contribution in [0.5, 0.6) is 5.75 Å². The maximum Gasteiger partial charge on any atom is 0.119 e. The van der Waals surface area contributed by atoms with Crippen LogP contribution < -0.4 is 9.64 Å². The summed E-state index contributed by atoms with van der Waals surface area (Å²) in [7, 11) is 0. The van der Waals surface area contributed by atoms with Crippen molar-refractivity contribution in [2.45, 2.75) is 20.5 Å². The molecule has 0 saturated heterocycles. The van der Waals surface area contributed by atoms with Crippen molar-refractivity contribution in [2.75, 3.05) is 11.4 Å². The summed E-state index contributed by atoms with van der Waals surface area (Å²) < 4.78 is 5.80. The van der Waals surface area contributed by atoms with Crippen LogP contribution >= 0.6 is 11.6 Å². The van der Waals surface area contributed by atoms with Crippen LogP contribution in [0.4, 0.5) is 5.69 Å². The minimum atomic E-state index is 0.518. The molecule has 0 amide bonds. The van der Waals surface area contributed by atoms with Gasteiger partial charge in [-0.1, -0.05) is 29.7 Å². The maximum absolute atomic E-state index is 5.88. The number of hydrogen-bond donors (Lipinski definition) is 0. The molecule has 0 aliphatic heterocycles. The number of anilines is 1. The first-order chi connectivity index (χ1) is 11.1. The fraction of sp³-hybridized carbons (Fsp3) is 0.200. The van der Waals surface area contributed by atoms with Crippen LogP contribution in [0.3, 0.4) is 0 Å². The summed E-state index contributed by atoms with van der Waals surface area (Å²) in [5, 5.41) is 0.730. The Morgan fingerprint density at radius 2 is 1.83 bits per heavy atom. The third kappa shape index (κ3) is 4.81. The molecule has 2 aromatic rings. The van der Waals surface area contributed by atoms with Crippen molar-refractivity contribution in [3.8, 4) is 18.1 Å². The molecule has 0 heterocycles. The quantitative estimate of drug-likeness (QED) is 0.670. The zero-order valence-electron chi connectivity index (χ0n) is 13.4. The van der Waals surface area contributed by atoms with Crippen molar-refractivity contribution >= 4 is 17.3 Å². The van der Waals surface area contributed by atoms with Gasteiger partial charge in [-0.3, -0.25) is 0 Å². The van der Waals surface area contributed by atoms with Gasteiger partial charge in [0.05, 0.1) is 0 Å². The second-order valence-electron chi connectivity index (χ2n) is 5.11. The Bertz CT molecular complexity index is 696. The summed E-state index contributed by atoms with van der Waals surface area (Å²) in [5.74, 6) is 3.40. The normalized spacial score (nSPS) is 11.0. The predicted octanol–water partition coefficient (Wildman–Crippen LogP) is 5.28. The van der Waals surface area contributed by atoms with Crippen molar-refractivity contribution in [1.82, 2.24) is 0 Å². The van der Waals surface area contributed by atoms with E-state index < -0.39 is 0 Å². The molecule has 0 atom stereocenters. The molecule has 0 unspecified atom stereocenters. The van der Waals surface area contributed by atoms with E-state index in [9.17, 15) is 0 Å². The lowest BCUT2D eigenvalue weighted by molar-refractivity contribution is 0.306. The second-order valence-corrected chi connectivity index (χ2v) is 5.54. The molecule has 2 rings (SSSR count). The number of benzene rings is 2. The third-order valence-electron chi connectivity index (χ3n) is 3.50. The molecule has 0 spiro atoms. The Labute approximate surface area is 143 Å². The molecular formula is C20H20ClNO. The van der Waals surface area contributed by atoms with Crippen molar-refractivity contribution in [3.63, 3.8) is 0 Å². The van der Waals surface area contributed by atoms with E-state index >= 15 is 0 Å². The third-order valence-corrected chi connectivity index (χ3v) is 3.75. The van der Waals surface area contributed by atoms with Gasteiger partial charge in [0.2, 0.25) is 0 Å². The molecule has 0 fully saturated rings. The monoisotopic (exact) mass is 325 g/mol. The molecule has 0 radical (unpaired) electrons. The van der Waals surface area contributed by atoms with E-state index in [0.29, 0.717) is 6.61 Å². The van der Waals surface area contributed by atoms with Crippen LogP contribution in [-0.4, -0.2) is 6.54 Å². The summed E-state index contributed by atoms with van der Waals surface area (Å²) in [6, 6.07) is 15.7. The Morgan fingerprint density at radius 3 is 2.39 bits per heavy atom. The smallest absolute Gasteiger partial charge is 0.119 e. The first kappa shape index (κ1) is 17.0. The first-order valence-corrected chi connectivity index (χ1v) is 7.89. The fourth-order valence-electron chi connectivity index (χ4n) is 2.30. The lowest BCUT2D eigenvalue weighted by atomic mass is 10.2. The number of ether oxygens (including phenoxy) is 1. The molecule has 2 aromatic carbocycles. The van der Waals surface area contributed by atoms with E-state index in [4.69, 9.17) is 22.8 Å². The van der Waals surface area contributed by atoms with Gasteiger partial charge in [0.15, 0.2) is 0 Å². The molecule has 0 bridgehead atoms. The summed E-state index contributed by atoms with van der Waals surface area (Å²) in [4.78, 5) is 2.16. The van der Waals surface area contributed by atoms with Crippen LogP contribution in [0, 0.1) is 12.3 Å². The Hall–Kier alpha value is -2.37. The largest absolute Gasteiger partial charge is 0.489 e. The van der Waals surface area contributed by atoms with Gasteiger partial charge in [-0.15, -0.1) is 6.42 Å². The number of halogens is 1. The van der Waals surface area contributed by atoms with Gasteiger partial charge >= 0.3 is 0 Å². The minimum Gasteiger partial charge on any atom is -0.489 e. The van der Waals surface area contributed by atoms with Gasteiger partial charge in [0.1, 0.15) is 12.4 Å². The molecule has 3 heteroatoms. The average Bonchev–Trinajstić information content (AvgIpc) is 2.56. The van der Waals surface area contributed by atoms with Crippen molar-refractivity contribution < 1.29 is 4.74 Å². The molecular weight excluding hydrogens is 306 g/mol. The first-order valence-electron chi connectivity index (χ1n) is 7.51. The van der Waals surface area contributed by atoms with Gasteiger partial charge in [-0.25, -0.2) is 0 Å². The highest BCUT2D eigenvalue weighted by atomic mass is 35.5. The van der Waals surface area contributed by atoms with Crippen LogP contribution in [0.2, 0.25) is 5.02 Å². The zero-order chi connectivity index (χ0) is 16.7. The zero-order valence-corrected chi connectivity index (χ0v) is 14.2. The summed E-state index contributed by atoms with van der Waals surface area (Å²) in [6.45, 7) is 5.48. The Morgan fingerprint density at radius 1 is 1.17 bits per heavy atom. The van der Waals surface area contributed by atoms with Crippen molar-refractivity contribution in [3.05, 3.63) is 70.9 Å². The molecule has 0 N–H and O–H groups in total. The Balaban J connectivity index is 2.02. The Kier molecular flexibility index (Phi) is 6.14. The van der Waals surface area contributed by atoms with E-state index in [2.05, 4.69) is 17.7 Å². The highest BCUT2D eigenvalue weighted by Crippen LogP contribution is 2.23. The average molecular weight is 326 g/mol. The molecule has 23 heavy (non-hydrogen) atoms. The topological polar surface area (TPSA) is 12.5 Å². The molecule has 0 aliphatic rings. The number of nitrogens with zero attached hydrogens (tertiary/aromatic N) is 1. The predicted molar refractivity (Wildman–Crippen MR) is 97.8 cm³/mol. The van der Waals surface area contributed by atoms with Gasteiger partial charge in [-0.2, -0.15) is 0 Å². The standard InChI is InChI=1S/C20H20ClNO/c1-4-6-16(3)22(5-2)19-11-13-20(14-12-19)23-15-17-7-9-18(21)10-8-17/h1,6-14H,5,15H2,2-3H3/b16-6-. The lowest BCUT2D eigenvalue weighted by Crippen LogP contribution is -2.19. The molecule has 0 aromatic heterocycles. The molecule has 0 aliphatic carbocycles. The number of allylic oxidation sites excluding steroid dienone is 2. The van der Waals surface area contributed by atoms with Gasteiger partial charge < -0.3 is 9.64 Å². The maximum atomic E-state index is 5.88. The number of terminal acetylenes is 1. The van der Waals surface area contributed by atoms with Gasteiger partial charge in [-0.05, 0) is 55.8 Å². The molecule has 0 saturated carbocycles. The summed E-state index contributed by atoms with van der Waals surface area (Å²) in [6.07, 6.45) is 7.12. The molecule has 118 valence electrons. The van der Waals surface area contributed by atoms with E-state index in [-0.39, 0.29) is 0 Å². The van der Waals surface area contributed by atoms with Crippen molar-refractivity contribution in [1.29, 1.82) is 0 Å². The van der Waals surface area contributed by atoms with Crippen molar-refractivity contribution in [2.24, 2.45) is 0 Å². The van der Waals surface area contributed by atoms with Gasteiger partial charge in [0, 0.05) is 29.0 Å². The van der Waals surface area contributed by atoms with Crippen LogP contribution in [0.1, 0.15) is 19.4 Å². The van der Waals surface area contributed by atoms with E-state index in [1.807, 2.05) is 55.5 Å². The van der Waals surface area contributed by atoms with Gasteiger partial charge in [0.25, 0.3) is 0 Å². The lowest BCUT2D eigenvalue weighted by Gasteiger charge is -2.23. The van der Waals surface area contributed by atoms with Crippen LogP contribution in [-0.2, 0) is 6.61 Å². The van der Waals surface area contributed by atoms with E-state index in [1.54, 1.807) is 6.08 Å². The van der Waals surface area contributed by atoms with Crippen LogP contribution in [0.25, 0.3) is 0 Å². The number of hydrogen-bond acceptors (Lipinski definition) is 2. The fourth-order valence-corrected chi connectivity index (χ4v) is 2.43. The summed E-state index contributed by atoms with van der Waals surface area (Å²) in [5.41, 5.74) is 3.22. The summed E-state index contributed by atoms with van der Waals surface area (Å²) >= 11 is 5.88. The SMILES string of the molecule is C#C/C=C(/C)N(CC)c1ccc(OCc2ccc(Cl)cc2)cc1. The highest BCUT2D eigenvalue weighted by molar-refractivity contribution is 6.30. The van der Waals surface area contributed by atoms with E-state index in [1.165, 1.54) is 0 Å². The molecule has 2 nitrogen and oxygen atoms in total. The van der Waals surface area contributed by atoms with Crippen LogP contribution in [0.15, 0.2) is 60.3 Å². The number of rotatable bonds is 6. The van der Waals surface area contributed by atoms with E-state index in [0.717, 1.165) is 34.3 Å². The second kappa shape index (κ2) is 8.31. The highest BCUT2D eigenvalue weighted by Gasteiger charge is 2.06. The minimum absolute atomic E-state index is 0.518.